The molecular weight excluding hydrogens is 322 g/mol. The highest BCUT2D eigenvalue weighted by atomic mass is 16.6. The van der Waals surface area contributed by atoms with E-state index in [-0.39, 0.29) is 12.2 Å². The predicted molar refractivity (Wildman–Crippen MR) is 97.2 cm³/mol. The van der Waals surface area contributed by atoms with E-state index in [1.165, 1.54) is 7.11 Å². The predicted octanol–water partition coefficient (Wildman–Crippen LogP) is 3.72. The van der Waals surface area contributed by atoms with Gasteiger partial charge in [0.2, 0.25) is 0 Å². The summed E-state index contributed by atoms with van der Waals surface area (Å²) in [6.45, 7) is 16.5. The summed E-state index contributed by atoms with van der Waals surface area (Å²) in [7, 11) is 1.31. The van der Waals surface area contributed by atoms with Gasteiger partial charge < -0.3 is 14.8 Å². The van der Waals surface area contributed by atoms with E-state index in [0.29, 0.717) is 0 Å². The molecule has 0 heterocycles. The van der Waals surface area contributed by atoms with Crippen molar-refractivity contribution in [1.29, 1.82) is 0 Å². The summed E-state index contributed by atoms with van der Waals surface area (Å²) >= 11 is 0. The van der Waals surface area contributed by atoms with Crippen LogP contribution in [0.2, 0.25) is 0 Å². The molecule has 6 heteroatoms. The number of ether oxygens (including phenoxy) is 2. The fourth-order valence-corrected chi connectivity index (χ4v) is 2.41. The summed E-state index contributed by atoms with van der Waals surface area (Å²) in [4.78, 5) is 37.1. The topological polar surface area (TPSA) is 81.7 Å². The maximum absolute atomic E-state index is 12.9. The Hall–Kier alpha value is -1.59. The second kappa shape index (κ2) is 8.19. The van der Waals surface area contributed by atoms with Crippen molar-refractivity contribution in [3.05, 3.63) is 0 Å². The van der Waals surface area contributed by atoms with Crippen LogP contribution in [0.3, 0.4) is 0 Å². The van der Waals surface area contributed by atoms with E-state index in [0.717, 1.165) is 0 Å². The number of nitrogens with one attached hydrogen (secondary N) is 1. The molecule has 25 heavy (non-hydrogen) atoms. The van der Waals surface area contributed by atoms with E-state index in [9.17, 15) is 14.4 Å². The van der Waals surface area contributed by atoms with Gasteiger partial charge in [0, 0.05) is 6.42 Å². The Kier molecular flexibility index (Phi) is 7.67. The van der Waals surface area contributed by atoms with Gasteiger partial charge in [0.15, 0.2) is 5.78 Å². The van der Waals surface area contributed by atoms with Crippen molar-refractivity contribution in [2.24, 2.45) is 16.7 Å². The van der Waals surface area contributed by atoms with Crippen molar-refractivity contribution >= 4 is 17.8 Å². The van der Waals surface area contributed by atoms with Crippen LogP contribution in [0.1, 0.15) is 68.7 Å². The van der Waals surface area contributed by atoms with E-state index in [1.807, 2.05) is 41.5 Å². The van der Waals surface area contributed by atoms with Crippen molar-refractivity contribution < 1.29 is 23.9 Å². The highest BCUT2D eigenvalue weighted by molar-refractivity contribution is 5.91. The number of carbonyl (C=O) groups is 3. The van der Waals surface area contributed by atoms with Crippen molar-refractivity contribution in [1.82, 2.24) is 5.32 Å². The smallest absolute Gasteiger partial charge is 0.408 e. The molecule has 0 saturated heterocycles. The van der Waals surface area contributed by atoms with Gasteiger partial charge in [-0.2, -0.15) is 0 Å². The van der Waals surface area contributed by atoms with Crippen LogP contribution in [0, 0.1) is 16.7 Å². The second-order valence-electron chi connectivity index (χ2n) is 9.56. The summed E-state index contributed by atoms with van der Waals surface area (Å²) in [5.74, 6) is -1.23. The lowest BCUT2D eigenvalue weighted by atomic mass is 9.74. The first-order valence-electron chi connectivity index (χ1n) is 8.59. The summed E-state index contributed by atoms with van der Waals surface area (Å²) in [5.41, 5.74) is -1.61. The standard InChI is InChI=1S/C19H35NO5/c1-17(2,3)12(15(22)24-10)11-13(21)14(18(4,5)6)20-16(23)25-19(7,8)9/h12,14H,11H2,1-10H3,(H,20,23)/t12-,14-/m1/s1. The number of hydrogen-bond donors (Lipinski definition) is 1. The van der Waals surface area contributed by atoms with Crippen LogP contribution in [-0.4, -0.2) is 36.6 Å². The van der Waals surface area contributed by atoms with Gasteiger partial charge >= 0.3 is 12.1 Å². The number of esters is 1. The van der Waals surface area contributed by atoms with Crippen LogP contribution in [-0.2, 0) is 19.1 Å². The van der Waals surface area contributed by atoms with Crippen LogP contribution >= 0.6 is 0 Å². The minimum absolute atomic E-state index is 0.00604. The lowest BCUT2D eigenvalue weighted by Crippen LogP contribution is -2.51. The third-order valence-electron chi connectivity index (χ3n) is 3.79. The molecule has 0 aliphatic rings. The molecule has 0 spiro atoms. The van der Waals surface area contributed by atoms with Crippen LogP contribution in [0.4, 0.5) is 4.79 Å². The maximum Gasteiger partial charge on any atom is 0.408 e. The van der Waals surface area contributed by atoms with Crippen molar-refractivity contribution in [2.45, 2.75) is 80.4 Å². The van der Waals surface area contributed by atoms with E-state index >= 15 is 0 Å². The van der Waals surface area contributed by atoms with Gasteiger partial charge in [-0.25, -0.2) is 4.79 Å². The molecule has 0 aliphatic carbocycles. The Balaban J connectivity index is 5.38. The van der Waals surface area contributed by atoms with Crippen molar-refractivity contribution in [3.8, 4) is 0 Å². The SMILES string of the molecule is COC(=O)[C@@H](CC(=O)[C@@H](NC(=O)OC(C)(C)C)C(C)(C)C)C(C)(C)C. The first-order valence-corrected chi connectivity index (χ1v) is 8.59. The van der Waals surface area contributed by atoms with Crippen LogP contribution in [0.5, 0.6) is 0 Å². The molecule has 0 aromatic rings. The number of hydrogen-bond acceptors (Lipinski definition) is 5. The molecule has 0 radical (unpaired) electrons. The molecule has 0 saturated carbocycles. The Morgan fingerprint density at radius 2 is 1.36 bits per heavy atom. The van der Waals surface area contributed by atoms with Gasteiger partial charge in [0.1, 0.15) is 5.60 Å². The fraction of sp³-hybridized carbons (Fsp3) is 0.842. The Bertz CT molecular complexity index is 491. The molecule has 0 aliphatic heterocycles. The lowest BCUT2D eigenvalue weighted by molar-refractivity contribution is -0.151. The Morgan fingerprint density at radius 3 is 1.68 bits per heavy atom. The Morgan fingerprint density at radius 1 is 0.880 bits per heavy atom. The number of Topliss-reactive ketones (excluding diaryl/α,β-unsaturated/α-hetero) is 1. The molecule has 1 N–H and O–H groups in total. The average Bonchev–Trinajstić information content (AvgIpc) is 2.36. The number of rotatable bonds is 5. The summed E-state index contributed by atoms with van der Waals surface area (Å²) < 4.78 is 10.1. The minimum Gasteiger partial charge on any atom is -0.469 e. The fourth-order valence-electron chi connectivity index (χ4n) is 2.41. The van der Waals surface area contributed by atoms with Gasteiger partial charge in [-0.05, 0) is 31.6 Å². The number of carbonyl (C=O) groups excluding carboxylic acids is 3. The van der Waals surface area contributed by atoms with E-state index in [1.54, 1.807) is 20.8 Å². The van der Waals surface area contributed by atoms with Crippen LogP contribution < -0.4 is 5.32 Å². The first kappa shape index (κ1) is 23.4. The summed E-state index contributed by atoms with van der Waals surface area (Å²) in [6, 6.07) is -0.767. The molecule has 1 amide bonds. The molecule has 0 fully saturated rings. The summed E-state index contributed by atoms with van der Waals surface area (Å²) in [6.07, 6.45) is -0.653. The molecular formula is C19H35NO5. The first-order chi connectivity index (χ1) is 11.0. The van der Waals surface area contributed by atoms with Crippen molar-refractivity contribution in [2.75, 3.05) is 7.11 Å². The van der Waals surface area contributed by atoms with Gasteiger partial charge in [0.25, 0.3) is 0 Å². The van der Waals surface area contributed by atoms with Gasteiger partial charge in [-0.3, -0.25) is 9.59 Å². The largest absolute Gasteiger partial charge is 0.469 e. The third-order valence-corrected chi connectivity index (χ3v) is 3.79. The zero-order valence-corrected chi connectivity index (χ0v) is 17.4. The van der Waals surface area contributed by atoms with E-state index < -0.39 is 40.5 Å². The highest BCUT2D eigenvalue weighted by Crippen LogP contribution is 2.32. The van der Waals surface area contributed by atoms with Gasteiger partial charge in [0.05, 0.1) is 19.1 Å². The number of ketones is 1. The molecule has 0 bridgehead atoms. The van der Waals surface area contributed by atoms with E-state index in [4.69, 9.17) is 9.47 Å². The average molecular weight is 357 g/mol. The zero-order chi connectivity index (χ0) is 20.2. The monoisotopic (exact) mass is 357 g/mol. The van der Waals surface area contributed by atoms with Crippen molar-refractivity contribution in [3.63, 3.8) is 0 Å². The molecule has 6 nitrogen and oxygen atoms in total. The molecule has 0 aromatic carbocycles. The van der Waals surface area contributed by atoms with Gasteiger partial charge in [-0.1, -0.05) is 41.5 Å². The molecule has 0 unspecified atom stereocenters. The molecule has 2 atom stereocenters. The van der Waals surface area contributed by atoms with Gasteiger partial charge in [-0.15, -0.1) is 0 Å². The minimum atomic E-state index is -0.767. The highest BCUT2D eigenvalue weighted by Gasteiger charge is 2.40. The molecule has 0 aromatic heterocycles. The van der Waals surface area contributed by atoms with E-state index in [2.05, 4.69) is 5.32 Å². The molecule has 0 rings (SSSR count). The third kappa shape index (κ3) is 8.36. The number of alkyl carbamates (subject to hydrolysis) is 1. The Labute approximate surface area is 152 Å². The number of amides is 1. The van der Waals surface area contributed by atoms with Crippen LogP contribution in [0.15, 0.2) is 0 Å². The second-order valence-corrected chi connectivity index (χ2v) is 9.56. The quantitative estimate of drug-likeness (QED) is 0.758. The zero-order valence-electron chi connectivity index (χ0n) is 17.4. The number of methoxy groups -OCH3 is 1. The lowest BCUT2D eigenvalue weighted by Gasteiger charge is -2.34. The summed E-state index contributed by atoms with van der Waals surface area (Å²) in [5, 5.41) is 2.66. The normalized spacial score (nSPS) is 15.1. The maximum atomic E-state index is 12.9. The molecule has 146 valence electrons. The van der Waals surface area contributed by atoms with Crippen LogP contribution in [0.25, 0.3) is 0 Å².